The smallest absolute Gasteiger partial charge is 0.267 e. The molecule has 1 aliphatic carbocycles. The summed E-state index contributed by atoms with van der Waals surface area (Å²) in [7, 11) is 1.84. The van der Waals surface area contributed by atoms with Crippen molar-refractivity contribution in [3.05, 3.63) is 24.0 Å². The van der Waals surface area contributed by atoms with Gasteiger partial charge in [-0.1, -0.05) is 25.7 Å². The average Bonchev–Trinajstić information content (AvgIpc) is 2.65. The van der Waals surface area contributed by atoms with Crippen molar-refractivity contribution < 1.29 is 9.90 Å². The predicted molar refractivity (Wildman–Crippen MR) is 70.4 cm³/mol. The van der Waals surface area contributed by atoms with E-state index in [1.807, 2.05) is 19.3 Å². The minimum Gasteiger partial charge on any atom is -0.388 e. The number of amides is 1. The van der Waals surface area contributed by atoms with Crippen LogP contribution in [0.2, 0.25) is 0 Å². The zero-order valence-electron chi connectivity index (χ0n) is 11.0. The van der Waals surface area contributed by atoms with Gasteiger partial charge < -0.3 is 15.0 Å². The van der Waals surface area contributed by atoms with E-state index in [0.29, 0.717) is 12.2 Å². The molecule has 0 aromatic carbocycles. The second kappa shape index (κ2) is 5.57. The molecule has 0 bridgehead atoms. The highest BCUT2D eigenvalue weighted by Crippen LogP contribution is 2.26. The predicted octanol–water partition coefficient (Wildman–Crippen LogP) is 1.84. The first-order chi connectivity index (χ1) is 8.61. The number of carbonyl (C=O) groups is 1. The number of hydrogen-bond donors (Lipinski definition) is 2. The number of aromatic nitrogens is 1. The lowest BCUT2D eigenvalue weighted by Gasteiger charge is -2.26. The van der Waals surface area contributed by atoms with Crippen LogP contribution in [-0.4, -0.2) is 27.7 Å². The molecule has 1 aliphatic rings. The molecule has 2 N–H and O–H groups in total. The molecule has 18 heavy (non-hydrogen) atoms. The lowest BCUT2D eigenvalue weighted by molar-refractivity contribution is 0.0245. The van der Waals surface area contributed by atoms with E-state index in [4.69, 9.17) is 0 Å². The fourth-order valence-corrected chi connectivity index (χ4v) is 2.60. The Morgan fingerprint density at radius 1 is 1.39 bits per heavy atom. The van der Waals surface area contributed by atoms with Crippen molar-refractivity contribution >= 4 is 5.91 Å². The first-order valence-electron chi connectivity index (χ1n) is 6.73. The second-order valence-corrected chi connectivity index (χ2v) is 5.33. The number of hydrogen-bond acceptors (Lipinski definition) is 2. The van der Waals surface area contributed by atoms with E-state index in [1.165, 1.54) is 12.8 Å². The van der Waals surface area contributed by atoms with Gasteiger partial charge in [-0.25, -0.2) is 0 Å². The molecule has 4 heteroatoms. The summed E-state index contributed by atoms with van der Waals surface area (Å²) in [5, 5.41) is 13.3. The van der Waals surface area contributed by atoms with Crippen molar-refractivity contribution in [3.63, 3.8) is 0 Å². The zero-order valence-corrected chi connectivity index (χ0v) is 11.0. The molecule has 1 heterocycles. The third-order valence-corrected chi connectivity index (χ3v) is 3.79. The molecule has 100 valence electrons. The maximum absolute atomic E-state index is 12.0. The Morgan fingerprint density at radius 2 is 2.06 bits per heavy atom. The minimum atomic E-state index is -0.711. The van der Waals surface area contributed by atoms with E-state index in [-0.39, 0.29) is 5.91 Å². The minimum absolute atomic E-state index is 0.111. The summed E-state index contributed by atoms with van der Waals surface area (Å²) in [6, 6.07) is 3.63. The van der Waals surface area contributed by atoms with Crippen LogP contribution in [0.4, 0.5) is 0 Å². The highest BCUT2D eigenvalue weighted by atomic mass is 16.3. The maximum atomic E-state index is 12.0. The van der Waals surface area contributed by atoms with Crippen molar-refractivity contribution in [2.24, 2.45) is 7.05 Å². The summed E-state index contributed by atoms with van der Waals surface area (Å²) < 4.78 is 1.78. The van der Waals surface area contributed by atoms with Crippen LogP contribution < -0.4 is 5.32 Å². The standard InChI is InChI=1S/C14H22N2O2/c1-16-10-6-7-12(16)13(17)15-11-14(18)8-4-2-3-5-9-14/h6-7,10,18H,2-5,8-9,11H2,1H3,(H,15,17). The summed E-state index contributed by atoms with van der Waals surface area (Å²) in [5.41, 5.74) is -0.0793. The number of carbonyl (C=O) groups excluding carboxylic acids is 1. The SMILES string of the molecule is Cn1cccc1C(=O)NCC1(O)CCCCCC1. The number of aryl methyl sites for hydroxylation is 1. The van der Waals surface area contributed by atoms with E-state index in [0.717, 1.165) is 25.7 Å². The highest BCUT2D eigenvalue weighted by molar-refractivity contribution is 5.92. The topological polar surface area (TPSA) is 54.3 Å². The molecule has 0 atom stereocenters. The first kappa shape index (κ1) is 13.1. The lowest BCUT2D eigenvalue weighted by atomic mass is 9.94. The molecule has 0 spiro atoms. The molecule has 2 rings (SSSR count). The van der Waals surface area contributed by atoms with Gasteiger partial charge in [-0.2, -0.15) is 0 Å². The number of rotatable bonds is 3. The van der Waals surface area contributed by atoms with E-state index < -0.39 is 5.60 Å². The van der Waals surface area contributed by atoms with Crippen molar-refractivity contribution in [3.8, 4) is 0 Å². The third kappa shape index (κ3) is 3.13. The van der Waals surface area contributed by atoms with Gasteiger partial charge in [0.1, 0.15) is 5.69 Å². The van der Waals surface area contributed by atoms with E-state index in [2.05, 4.69) is 5.32 Å². The maximum Gasteiger partial charge on any atom is 0.267 e. The van der Waals surface area contributed by atoms with Gasteiger partial charge >= 0.3 is 0 Å². The van der Waals surface area contributed by atoms with Gasteiger partial charge in [0.15, 0.2) is 0 Å². The summed E-state index contributed by atoms with van der Waals surface area (Å²) in [5.74, 6) is -0.111. The van der Waals surface area contributed by atoms with Crippen LogP contribution in [-0.2, 0) is 7.05 Å². The summed E-state index contributed by atoms with van der Waals surface area (Å²) >= 11 is 0. The Kier molecular flexibility index (Phi) is 4.07. The summed E-state index contributed by atoms with van der Waals surface area (Å²) in [6.07, 6.45) is 7.91. The van der Waals surface area contributed by atoms with Crippen LogP contribution in [0.15, 0.2) is 18.3 Å². The number of nitrogens with zero attached hydrogens (tertiary/aromatic N) is 1. The molecular weight excluding hydrogens is 228 g/mol. The zero-order chi connectivity index (χ0) is 13.0. The Balaban J connectivity index is 1.90. The first-order valence-corrected chi connectivity index (χ1v) is 6.73. The number of nitrogens with one attached hydrogen (secondary N) is 1. The third-order valence-electron chi connectivity index (χ3n) is 3.79. The Morgan fingerprint density at radius 3 is 2.61 bits per heavy atom. The van der Waals surface area contributed by atoms with Gasteiger partial charge in [0.05, 0.1) is 5.60 Å². The summed E-state index contributed by atoms with van der Waals surface area (Å²) in [6.45, 7) is 0.358. The van der Waals surface area contributed by atoms with Gasteiger partial charge in [-0.05, 0) is 25.0 Å². The van der Waals surface area contributed by atoms with Gasteiger partial charge in [0.2, 0.25) is 0 Å². The van der Waals surface area contributed by atoms with E-state index >= 15 is 0 Å². The van der Waals surface area contributed by atoms with Crippen molar-refractivity contribution in [1.29, 1.82) is 0 Å². The molecule has 0 saturated heterocycles. The molecular formula is C14H22N2O2. The summed E-state index contributed by atoms with van der Waals surface area (Å²) in [4.78, 5) is 12.0. The van der Waals surface area contributed by atoms with Crippen LogP contribution in [0.25, 0.3) is 0 Å². The molecule has 1 amide bonds. The average molecular weight is 250 g/mol. The molecule has 0 unspecified atom stereocenters. The van der Waals surface area contributed by atoms with Crippen LogP contribution in [0.3, 0.4) is 0 Å². The second-order valence-electron chi connectivity index (χ2n) is 5.33. The van der Waals surface area contributed by atoms with Crippen LogP contribution in [0.1, 0.15) is 49.0 Å². The number of aliphatic hydroxyl groups is 1. The van der Waals surface area contributed by atoms with Gasteiger partial charge in [-0.15, -0.1) is 0 Å². The van der Waals surface area contributed by atoms with Crippen LogP contribution >= 0.6 is 0 Å². The molecule has 1 aromatic heterocycles. The monoisotopic (exact) mass is 250 g/mol. The Hall–Kier alpha value is -1.29. The van der Waals surface area contributed by atoms with Crippen molar-refractivity contribution in [1.82, 2.24) is 9.88 Å². The Labute approximate surface area is 108 Å². The van der Waals surface area contributed by atoms with Gasteiger partial charge in [-0.3, -0.25) is 4.79 Å². The van der Waals surface area contributed by atoms with E-state index in [9.17, 15) is 9.90 Å². The van der Waals surface area contributed by atoms with Gasteiger partial charge in [0, 0.05) is 19.8 Å². The van der Waals surface area contributed by atoms with Gasteiger partial charge in [0.25, 0.3) is 5.91 Å². The van der Waals surface area contributed by atoms with Crippen molar-refractivity contribution in [2.45, 2.75) is 44.1 Å². The fourth-order valence-electron chi connectivity index (χ4n) is 2.60. The molecule has 0 radical (unpaired) electrons. The highest BCUT2D eigenvalue weighted by Gasteiger charge is 2.28. The van der Waals surface area contributed by atoms with Crippen LogP contribution in [0.5, 0.6) is 0 Å². The molecule has 1 saturated carbocycles. The lowest BCUT2D eigenvalue weighted by Crippen LogP contribution is -2.42. The largest absolute Gasteiger partial charge is 0.388 e. The molecule has 0 aliphatic heterocycles. The molecule has 1 fully saturated rings. The molecule has 4 nitrogen and oxygen atoms in total. The molecule has 1 aromatic rings. The quantitative estimate of drug-likeness (QED) is 0.804. The van der Waals surface area contributed by atoms with Crippen LogP contribution in [0, 0.1) is 0 Å². The van der Waals surface area contributed by atoms with E-state index in [1.54, 1.807) is 10.6 Å². The fraction of sp³-hybridized carbons (Fsp3) is 0.643. The normalized spacial score (nSPS) is 19.2. The van der Waals surface area contributed by atoms with Crippen molar-refractivity contribution in [2.75, 3.05) is 6.54 Å². The Bertz CT molecular complexity index is 404.